The molecule has 3 unspecified atom stereocenters. The van der Waals surface area contributed by atoms with Gasteiger partial charge in [-0.05, 0) is 12.3 Å². The van der Waals surface area contributed by atoms with Crippen LogP contribution in [0.25, 0.3) is 0 Å². The maximum Gasteiger partial charge on any atom is 0.0810 e. The Balaban J connectivity index is 0.000000561. The molecule has 0 amide bonds. The molecule has 4 nitrogen and oxygen atoms in total. The van der Waals surface area contributed by atoms with Gasteiger partial charge < -0.3 is 20.1 Å². The van der Waals surface area contributed by atoms with E-state index in [-0.39, 0.29) is 24.7 Å². The van der Waals surface area contributed by atoms with E-state index in [1.54, 1.807) is 0 Å². The first-order chi connectivity index (χ1) is 5.74. The van der Waals surface area contributed by atoms with Gasteiger partial charge in [-0.2, -0.15) is 0 Å². The number of rotatable bonds is 1. The molecule has 3 N–H and O–H groups in total. The van der Waals surface area contributed by atoms with E-state index in [2.05, 4.69) is 0 Å². The lowest BCUT2D eigenvalue weighted by molar-refractivity contribution is -0.0984. The highest BCUT2D eigenvalue weighted by Crippen LogP contribution is 2.19. The molecule has 0 aromatic carbocycles. The highest BCUT2D eigenvalue weighted by molar-refractivity contribution is 4.74. The Kier molecular flexibility index (Phi) is 6.28. The minimum atomic E-state index is -0.345. The fourth-order valence-electron chi connectivity index (χ4n) is 1.17. The number of aliphatic hydroxyl groups is 3. The van der Waals surface area contributed by atoms with Crippen molar-refractivity contribution in [1.29, 1.82) is 0 Å². The standard InChI is InChI=1S/C7H14O3.CH4O/c1-5-2-6(3-8)10-4-7(5)9;1-2/h5-9H,2-4H2,1H3;2H,1H3. The van der Waals surface area contributed by atoms with Gasteiger partial charge in [-0.1, -0.05) is 6.92 Å². The fraction of sp³-hybridized carbons (Fsp3) is 1.00. The van der Waals surface area contributed by atoms with Crippen LogP contribution in [0, 0.1) is 5.92 Å². The minimum Gasteiger partial charge on any atom is -0.400 e. The van der Waals surface area contributed by atoms with Gasteiger partial charge in [0.2, 0.25) is 0 Å². The Morgan fingerprint density at radius 3 is 2.42 bits per heavy atom. The van der Waals surface area contributed by atoms with Gasteiger partial charge in [-0.15, -0.1) is 0 Å². The molecule has 0 aromatic rings. The van der Waals surface area contributed by atoms with Crippen molar-refractivity contribution < 1.29 is 20.1 Å². The van der Waals surface area contributed by atoms with Crippen LogP contribution in [0.15, 0.2) is 0 Å². The van der Waals surface area contributed by atoms with Gasteiger partial charge in [0, 0.05) is 7.11 Å². The SMILES string of the molecule is CC1CC(CO)OCC1O.CO. The van der Waals surface area contributed by atoms with E-state index in [9.17, 15) is 5.11 Å². The number of ether oxygens (including phenoxy) is 1. The quantitative estimate of drug-likeness (QED) is 0.500. The van der Waals surface area contributed by atoms with Gasteiger partial charge in [0.25, 0.3) is 0 Å². The Morgan fingerprint density at radius 1 is 1.42 bits per heavy atom. The predicted octanol–water partition coefficient (Wildman–Crippen LogP) is -0.627. The molecular weight excluding hydrogens is 160 g/mol. The molecule has 4 heteroatoms. The van der Waals surface area contributed by atoms with Crippen LogP contribution in [-0.2, 0) is 4.74 Å². The molecule has 0 saturated carbocycles. The van der Waals surface area contributed by atoms with Crippen molar-refractivity contribution in [2.45, 2.75) is 25.6 Å². The van der Waals surface area contributed by atoms with Crippen molar-refractivity contribution in [2.24, 2.45) is 5.92 Å². The van der Waals surface area contributed by atoms with Crippen LogP contribution < -0.4 is 0 Å². The molecule has 1 fully saturated rings. The second-order valence-corrected chi connectivity index (χ2v) is 2.92. The first-order valence-electron chi connectivity index (χ1n) is 4.09. The molecule has 0 aromatic heterocycles. The maximum absolute atomic E-state index is 9.18. The third-order valence-corrected chi connectivity index (χ3v) is 2.00. The molecule has 1 heterocycles. The zero-order chi connectivity index (χ0) is 9.56. The third kappa shape index (κ3) is 3.49. The van der Waals surface area contributed by atoms with Crippen LogP contribution in [0.2, 0.25) is 0 Å². The van der Waals surface area contributed by atoms with Crippen LogP contribution in [0.4, 0.5) is 0 Å². The predicted molar refractivity (Wildman–Crippen MR) is 44.8 cm³/mol. The molecular formula is C8H18O4. The molecule has 12 heavy (non-hydrogen) atoms. The van der Waals surface area contributed by atoms with Crippen LogP contribution in [0.3, 0.4) is 0 Å². The lowest BCUT2D eigenvalue weighted by Gasteiger charge is -2.30. The van der Waals surface area contributed by atoms with Crippen molar-refractivity contribution in [1.82, 2.24) is 0 Å². The van der Waals surface area contributed by atoms with Crippen molar-refractivity contribution in [3.8, 4) is 0 Å². The molecule has 74 valence electrons. The first kappa shape index (κ1) is 11.8. The van der Waals surface area contributed by atoms with Gasteiger partial charge in [-0.25, -0.2) is 0 Å². The summed E-state index contributed by atoms with van der Waals surface area (Å²) in [5.74, 6) is 0.255. The van der Waals surface area contributed by atoms with E-state index in [0.717, 1.165) is 13.5 Å². The highest BCUT2D eigenvalue weighted by Gasteiger charge is 2.25. The lowest BCUT2D eigenvalue weighted by atomic mass is 9.95. The summed E-state index contributed by atoms with van der Waals surface area (Å²) in [4.78, 5) is 0. The van der Waals surface area contributed by atoms with Gasteiger partial charge in [-0.3, -0.25) is 0 Å². The normalized spacial score (nSPS) is 35.2. The summed E-state index contributed by atoms with van der Waals surface area (Å²) in [6.07, 6.45) is 0.360. The van der Waals surface area contributed by atoms with Crippen molar-refractivity contribution in [2.75, 3.05) is 20.3 Å². The van der Waals surface area contributed by atoms with Crippen molar-refractivity contribution >= 4 is 0 Å². The summed E-state index contributed by atoms with van der Waals surface area (Å²) in [5.41, 5.74) is 0. The lowest BCUT2D eigenvalue weighted by Crippen LogP contribution is -2.37. The molecule has 1 rings (SSSR count). The zero-order valence-corrected chi connectivity index (χ0v) is 7.60. The molecule has 1 aliphatic rings. The monoisotopic (exact) mass is 178 g/mol. The van der Waals surface area contributed by atoms with Crippen LogP contribution in [0.1, 0.15) is 13.3 Å². The average Bonchev–Trinajstić information content (AvgIpc) is 2.13. The molecule has 0 radical (unpaired) electrons. The summed E-state index contributed by atoms with van der Waals surface area (Å²) >= 11 is 0. The Morgan fingerprint density at radius 2 is 2.00 bits per heavy atom. The fourth-order valence-corrected chi connectivity index (χ4v) is 1.17. The van der Waals surface area contributed by atoms with E-state index in [1.165, 1.54) is 0 Å². The zero-order valence-electron chi connectivity index (χ0n) is 7.60. The Hall–Kier alpha value is -0.160. The molecule has 0 aliphatic carbocycles. The Labute approximate surface area is 72.8 Å². The summed E-state index contributed by atoms with van der Waals surface area (Å²) in [6.45, 7) is 2.40. The summed E-state index contributed by atoms with van der Waals surface area (Å²) in [7, 11) is 1.00. The summed E-state index contributed by atoms with van der Waals surface area (Å²) in [6, 6.07) is 0. The van der Waals surface area contributed by atoms with E-state index < -0.39 is 0 Å². The summed E-state index contributed by atoms with van der Waals surface area (Å²) < 4.78 is 5.11. The Bertz CT molecular complexity index is 107. The van der Waals surface area contributed by atoms with Gasteiger partial charge in [0.05, 0.1) is 25.4 Å². The third-order valence-electron chi connectivity index (χ3n) is 2.00. The van der Waals surface area contributed by atoms with Crippen LogP contribution >= 0.6 is 0 Å². The van der Waals surface area contributed by atoms with Crippen LogP contribution in [0.5, 0.6) is 0 Å². The van der Waals surface area contributed by atoms with Crippen LogP contribution in [-0.4, -0.2) is 47.9 Å². The first-order valence-corrected chi connectivity index (χ1v) is 4.09. The molecule has 0 bridgehead atoms. The maximum atomic E-state index is 9.18. The molecule has 1 saturated heterocycles. The average molecular weight is 178 g/mol. The van der Waals surface area contributed by atoms with Crippen molar-refractivity contribution in [3.05, 3.63) is 0 Å². The second-order valence-electron chi connectivity index (χ2n) is 2.92. The largest absolute Gasteiger partial charge is 0.400 e. The number of hydrogen-bond donors (Lipinski definition) is 3. The van der Waals surface area contributed by atoms with E-state index >= 15 is 0 Å². The van der Waals surface area contributed by atoms with E-state index in [1.807, 2.05) is 6.92 Å². The van der Waals surface area contributed by atoms with E-state index in [0.29, 0.717) is 6.61 Å². The number of hydrogen-bond acceptors (Lipinski definition) is 4. The van der Waals surface area contributed by atoms with Crippen molar-refractivity contribution in [3.63, 3.8) is 0 Å². The highest BCUT2D eigenvalue weighted by atomic mass is 16.5. The second kappa shape index (κ2) is 6.37. The van der Waals surface area contributed by atoms with E-state index in [4.69, 9.17) is 14.9 Å². The molecule has 1 aliphatic heterocycles. The van der Waals surface area contributed by atoms with Gasteiger partial charge in [0.1, 0.15) is 0 Å². The number of aliphatic hydroxyl groups excluding tert-OH is 3. The summed E-state index contributed by atoms with van der Waals surface area (Å²) in [5, 5.41) is 24.9. The van der Waals surface area contributed by atoms with Gasteiger partial charge >= 0.3 is 0 Å². The topological polar surface area (TPSA) is 69.9 Å². The van der Waals surface area contributed by atoms with Gasteiger partial charge in [0.15, 0.2) is 0 Å². The molecule has 3 atom stereocenters. The minimum absolute atomic E-state index is 0.0570. The molecule has 0 spiro atoms. The smallest absolute Gasteiger partial charge is 0.0810 e.